The molecule has 12 rings (SSSR count). The van der Waals surface area contributed by atoms with E-state index < -0.39 is 45.3 Å². The van der Waals surface area contributed by atoms with E-state index in [4.69, 9.17) is 43.1 Å². The average Bonchev–Trinajstić information content (AvgIpc) is 0.830. The SMILES string of the molecule is COc1cc(C2CCC(N(C)C)CC2)c(C)cc1Nc1ncc(Cl)c(Nc2ccccc2S(=O)(=O)C(C)C)n1.COc1cc(C2CCC(N(C)C)CC2)c(C)cc1Nc1ncc(Cl)c(Nc2ccccc2S(=O)(=O)C(C)C)n1.Cc1cc(Nc2nc(N)c(C)c(Nc3ccccc3S(=O)(=O)C(C)C)n2)c(OC(C)C)cc1C1CCNCC1. The highest BCUT2D eigenvalue weighted by molar-refractivity contribution is 7.92. The molecule has 0 radical (unpaired) electrons. The first-order valence-corrected chi connectivity index (χ1v) is 45.4. The van der Waals surface area contributed by atoms with Crippen LogP contribution in [0.4, 0.5) is 75.2 Å². The molecule has 30 heteroatoms. The number of hydrogen-bond acceptors (Lipinski definition) is 25. The van der Waals surface area contributed by atoms with Gasteiger partial charge in [-0.1, -0.05) is 59.6 Å². The number of aryl methyl sites for hydroxylation is 3. The fraction of sp³-hybridized carbons (Fsp3) is 0.448. The van der Waals surface area contributed by atoms with Crippen LogP contribution in [0, 0.1) is 27.7 Å². The van der Waals surface area contributed by atoms with Gasteiger partial charge in [0.05, 0.1) is 97.3 Å². The summed E-state index contributed by atoms with van der Waals surface area (Å²) in [5, 5.41) is 21.5. The molecule has 4 heterocycles. The normalized spacial score (nSPS) is 16.8. The first-order valence-electron chi connectivity index (χ1n) is 40.0. The zero-order valence-electron chi connectivity index (χ0n) is 70.5. The number of aromatic nitrogens is 6. The van der Waals surface area contributed by atoms with E-state index in [0.29, 0.717) is 93.3 Å². The molecule has 0 bridgehead atoms. The maximum absolute atomic E-state index is 13.0. The number of anilines is 13. The highest BCUT2D eigenvalue weighted by Crippen LogP contribution is 2.45. The third-order valence-electron chi connectivity index (χ3n) is 22.0. The number of rotatable bonds is 27. The summed E-state index contributed by atoms with van der Waals surface area (Å²) in [6.45, 7) is 24.1. The fourth-order valence-corrected chi connectivity index (χ4v) is 18.9. The first kappa shape index (κ1) is 90.2. The van der Waals surface area contributed by atoms with E-state index in [1.54, 1.807) is 135 Å². The second kappa shape index (κ2) is 39.6. The minimum atomic E-state index is -3.52. The number of sulfone groups is 3. The van der Waals surface area contributed by atoms with Crippen molar-refractivity contribution >= 4 is 128 Å². The standard InChI is InChI=1S/2C29H38ClN5O3S.C29H40N6O3S/c2*1-18(2)39(36,37)27-10-8-7-9-24(27)32-28-23(30)17-31-29(34-28)33-25-15-19(3)22(16-26(25)38-6)20-11-13-21(14-12-20)35(4)5;1-17(2)38-25-16-22(21-11-13-31-14-12-21)19(5)15-24(25)33-29-34-27(30)20(6)28(35-29)32-23-9-7-8-10-26(23)39(36,37)18(3)4/h2*7-10,15-18,20-21H,11-14H2,1-6H3,(H2,31,32,33,34);7-10,15-18,21,31H,11-14H2,1-6H3,(H4,30,32,33,34,35). The zero-order chi connectivity index (χ0) is 85.0. The zero-order valence-corrected chi connectivity index (χ0v) is 74.5. The Morgan fingerprint density at radius 2 is 0.752 bits per heavy atom. The third kappa shape index (κ3) is 22.2. The molecular formula is C87H116Cl2N16O9S3. The van der Waals surface area contributed by atoms with E-state index in [0.717, 1.165) is 74.4 Å². The van der Waals surface area contributed by atoms with Crippen molar-refractivity contribution in [3.05, 3.63) is 171 Å². The number of nitrogens with two attached hydrogens (primary N) is 1. The Morgan fingerprint density at radius 1 is 0.427 bits per heavy atom. The van der Waals surface area contributed by atoms with Crippen LogP contribution in [0.5, 0.6) is 17.2 Å². The molecular weight excluding hydrogens is 1580 g/mol. The lowest BCUT2D eigenvalue weighted by Crippen LogP contribution is -2.31. The lowest BCUT2D eigenvalue weighted by atomic mass is 9.80. The summed E-state index contributed by atoms with van der Waals surface area (Å²) >= 11 is 12.8. The summed E-state index contributed by atoms with van der Waals surface area (Å²) in [6.07, 6.45) is 14.5. The molecule has 117 heavy (non-hydrogen) atoms. The molecule has 0 unspecified atom stereocenters. The summed E-state index contributed by atoms with van der Waals surface area (Å²) in [5.41, 5.74) is 17.9. The second-order valence-corrected chi connectivity index (χ2v) is 40.1. The average molecular weight is 1700 g/mol. The second-order valence-electron chi connectivity index (χ2n) is 31.9. The van der Waals surface area contributed by atoms with E-state index in [-0.39, 0.29) is 42.6 Å². The molecule has 2 aliphatic carbocycles. The van der Waals surface area contributed by atoms with Gasteiger partial charge in [0, 0.05) is 17.6 Å². The van der Waals surface area contributed by atoms with Crippen LogP contribution in [0.15, 0.2) is 136 Å². The van der Waals surface area contributed by atoms with E-state index >= 15 is 0 Å². The number of hydrogen-bond donors (Lipinski definition) is 8. The van der Waals surface area contributed by atoms with E-state index in [9.17, 15) is 25.3 Å². The van der Waals surface area contributed by atoms with Gasteiger partial charge in [0.15, 0.2) is 41.1 Å². The molecule has 0 atom stereocenters. The summed E-state index contributed by atoms with van der Waals surface area (Å²) in [4.78, 5) is 32.2. The number of nitrogens with one attached hydrogen (secondary N) is 7. The smallest absolute Gasteiger partial charge is 0.231 e. The van der Waals surface area contributed by atoms with E-state index in [2.05, 4.69) is 162 Å². The van der Waals surface area contributed by atoms with Gasteiger partial charge in [0.25, 0.3) is 0 Å². The number of halogens is 2. The number of benzene rings is 6. The van der Waals surface area contributed by atoms with Crippen LogP contribution in [0.2, 0.25) is 10.0 Å². The molecule has 3 aliphatic rings. The Bertz CT molecular complexity index is 5090. The highest BCUT2D eigenvalue weighted by atomic mass is 35.5. The monoisotopic (exact) mass is 1690 g/mol. The Labute approximate surface area is 702 Å². The summed E-state index contributed by atoms with van der Waals surface area (Å²) in [7, 11) is 1.40. The highest BCUT2D eigenvalue weighted by Gasteiger charge is 2.31. The van der Waals surface area contributed by atoms with Gasteiger partial charge < -0.3 is 67.0 Å². The van der Waals surface area contributed by atoms with E-state index in [1.165, 1.54) is 71.5 Å². The van der Waals surface area contributed by atoms with Crippen LogP contribution in [-0.2, 0) is 29.5 Å². The Morgan fingerprint density at radius 3 is 1.10 bits per heavy atom. The van der Waals surface area contributed by atoms with Crippen molar-refractivity contribution in [2.75, 3.05) is 93.1 Å². The van der Waals surface area contributed by atoms with Crippen molar-refractivity contribution in [3.8, 4) is 17.2 Å². The molecule has 6 aromatic carbocycles. The number of nitrogens with zero attached hydrogens (tertiary/aromatic N) is 8. The molecule has 0 spiro atoms. The summed E-state index contributed by atoms with van der Waals surface area (Å²) < 4.78 is 95.2. The van der Waals surface area contributed by atoms with Crippen molar-refractivity contribution in [1.29, 1.82) is 0 Å². The van der Waals surface area contributed by atoms with Crippen LogP contribution in [0.3, 0.4) is 0 Å². The van der Waals surface area contributed by atoms with Gasteiger partial charge in [-0.05, 0) is 313 Å². The lowest BCUT2D eigenvalue weighted by molar-refractivity contribution is 0.216. The molecule has 1 aliphatic heterocycles. The first-order chi connectivity index (χ1) is 55.5. The minimum absolute atomic E-state index is 0.0187. The van der Waals surface area contributed by atoms with Gasteiger partial charge in [0.2, 0.25) is 17.8 Å². The van der Waals surface area contributed by atoms with Gasteiger partial charge in [-0.3, -0.25) is 0 Å². The molecule has 3 fully saturated rings. The van der Waals surface area contributed by atoms with Gasteiger partial charge >= 0.3 is 0 Å². The van der Waals surface area contributed by atoms with Crippen molar-refractivity contribution in [3.63, 3.8) is 0 Å². The summed E-state index contributed by atoms with van der Waals surface area (Å²) in [6, 6.07) is 34.2. The Kier molecular flexibility index (Phi) is 30.5. The fourth-order valence-electron chi connectivity index (χ4n) is 15.1. The van der Waals surface area contributed by atoms with Gasteiger partial charge in [-0.2, -0.15) is 19.9 Å². The third-order valence-corrected chi connectivity index (χ3v) is 29.2. The number of ether oxygens (including phenoxy) is 3. The molecule has 2 saturated carbocycles. The van der Waals surface area contributed by atoms with Crippen LogP contribution < -0.4 is 57.2 Å². The van der Waals surface area contributed by atoms with Gasteiger partial charge in [0.1, 0.15) is 38.9 Å². The molecule has 3 aromatic heterocycles. The van der Waals surface area contributed by atoms with Crippen LogP contribution >= 0.6 is 23.2 Å². The topological polar surface area (TPSA) is 324 Å². The molecule has 630 valence electrons. The van der Waals surface area contributed by atoms with Gasteiger partial charge in [-0.25, -0.2) is 35.2 Å². The van der Waals surface area contributed by atoms with Gasteiger partial charge in [-0.15, -0.1) is 0 Å². The number of methoxy groups -OCH3 is 2. The Hall–Kier alpha value is -9.13. The molecule has 0 amide bonds. The lowest BCUT2D eigenvalue weighted by Gasteiger charge is -2.33. The predicted octanol–water partition coefficient (Wildman–Crippen LogP) is 19.0. The van der Waals surface area contributed by atoms with E-state index in [1.807, 2.05) is 13.8 Å². The van der Waals surface area contributed by atoms with Crippen LogP contribution in [0.1, 0.15) is 176 Å². The maximum atomic E-state index is 13.0. The number of nitrogen functional groups attached to an aromatic ring is 1. The molecule has 9 aromatic rings. The molecule has 1 saturated heterocycles. The summed E-state index contributed by atoms with van der Waals surface area (Å²) in [5.74, 6) is 5.86. The Balaban J connectivity index is 0.000000185. The van der Waals surface area contributed by atoms with Crippen molar-refractivity contribution < 1.29 is 39.5 Å². The molecule has 9 N–H and O–H groups in total. The predicted molar refractivity (Wildman–Crippen MR) is 476 cm³/mol. The quantitative estimate of drug-likeness (QED) is 0.0237. The number of para-hydroxylation sites is 3. The van der Waals surface area contributed by atoms with Crippen LogP contribution in [-0.4, -0.2) is 154 Å². The molecule has 25 nitrogen and oxygen atoms in total. The van der Waals surface area contributed by atoms with Crippen molar-refractivity contribution in [2.45, 2.75) is 214 Å². The minimum Gasteiger partial charge on any atom is -0.495 e. The van der Waals surface area contributed by atoms with Crippen molar-refractivity contribution in [1.82, 2.24) is 45.0 Å². The largest absolute Gasteiger partial charge is 0.495 e. The number of piperidine rings is 1. The van der Waals surface area contributed by atoms with Crippen LogP contribution in [0.25, 0.3) is 0 Å². The maximum Gasteiger partial charge on any atom is 0.231 e. The van der Waals surface area contributed by atoms with Crippen molar-refractivity contribution in [2.24, 2.45) is 0 Å².